The van der Waals surface area contributed by atoms with Crippen molar-refractivity contribution in [1.29, 1.82) is 0 Å². The minimum atomic E-state index is 0.114. The van der Waals surface area contributed by atoms with E-state index in [9.17, 15) is 0 Å². The zero-order valence-electron chi connectivity index (χ0n) is 10.1. The molecule has 1 aliphatic rings. The van der Waals surface area contributed by atoms with E-state index in [2.05, 4.69) is 34.1 Å². The van der Waals surface area contributed by atoms with Gasteiger partial charge in [-0.1, -0.05) is 0 Å². The fraction of sp³-hybridized carbons (Fsp3) is 0.462. The van der Waals surface area contributed by atoms with Crippen LogP contribution in [-0.2, 0) is 0 Å². The topological polar surface area (TPSA) is 50.7 Å². The Balaban J connectivity index is 1.90. The van der Waals surface area contributed by atoms with Gasteiger partial charge < -0.3 is 5.32 Å². The molecule has 0 unspecified atom stereocenters. The molecular formula is C13H16N4. The predicted octanol–water partition coefficient (Wildman–Crippen LogP) is 2.63. The monoisotopic (exact) mass is 228 g/mol. The fourth-order valence-corrected chi connectivity index (χ4v) is 2.16. The zero-order chi connectivity index (χ0) is 11.9. The first-order valence-corrected chi connectivity index (χ1v) is 6.01. The maximum Gasteiger partial charge on any atom is 0.180 e. The number of nitrogens with zero attached hydrogens (tertiary/aromatic N) is 3. The molecule has 2 heterocycles. The van der Waals surface area contributed by atoms with Crippen LogP contribution in [0.4, 0.5) is 5.82 Å². The predicted molar refractivity (Wildman–Crippen MR) is 67.8 cm³/mol. The molecule has 0 aliphatic heterocycles. The molecule has 0 atom stereocenters. The Morgan fingerprint density at radius 2 is 1.94 bits per heavy atom. The van der Waals surface area contributed by atoms with Crippen molar-refractivity contribution < 1.29 is 0 Å². The highest BCUT2D eigenvalue weighted by atomic mass is 15.1. The van der Waals surface area contributed by atoms with E-state index >= 15 is 0 Å². The molecule has 0 spiro atoms. The van der Waals surface area contributed by atoms with E-state index in [4.69, 9.17) is 0 Å². The van der Waals surface area contributed by atoms with Crippen molar-refractivity contribution in [2.24, 2.45) is 5.92 Å². The number of pyridine rings is 1. The zero-order valence-corrected chi connectivity index (χ0v) is 10.1. The van der Waals surface area contributed by atoms with Crippen molar-refractivity contribution >= 4 is 17.0 Å². The summed E-state index contributed by atoms with van der Waals surface area (Å²) in [6.45, 7) is 4.46. The molecule has 4 nitrogen and oxygen atoms in total. The molecule has 0 bridgehead atoms. The summed E-state index contributed by atoms with van der Waals surface area (Å²) in [7, 11) is 0. The summed E-state index contributed by atoms with van der Waals surface area (Å²) < 4.78 is 0. The Bertz CT molecular complexity index is 546. The lowest BCUT2D eigenvalue weighted by Gasteiger charge is -2.26. The Labute approximate surface area is 101 Å². The molecule has 0 radical (unpaired) electrons. The van der Waals surface area contributed by atoms with Crippen molar-refractivity contribution in [1.82, 2.24) is 15.0 Å². The quantitative estimate of drug-likeness (QED) is 0.877. The molecule has 2 aromatic heterocycles. The lowest BCUT2D eigenvalue weighted by molar-refractivity contribution is 0.493. The van der Waals surface area contributed by atoms with Gasteiger partial charge in [0.1, 0.15) is 11.3 Å². The maximum atomic E-state index is 4.49. The van der Waals surface area contributed by atoms with E-state index in [1.54, 1.807) is 12.4 Å². The molecule has 0 amide bonds. The molecule has 4 heteroatoms. The Morgan fingerprint density at radius 1 is 1.18 bits per heavy atom. The summed E-state index contributed by atoms with van der Waals surface area (Å²) in [6.07, 6.45) is 5.98. The van der Waals surface area contributed by atoms with E-state index in [1.165, 1.54) is 12.8 Å². The molecule has 1 saturated carbocycles. The van der Waals surface area contributed by atoms with E-state index in [-0.39, 0.29) is 5.54 Å². The molecule has 17 heavy (non-hydrogen) atoms. The van der Waals surface area contributed by atoms with Crippen LogP contribution in [-0.4, -0.2) is 20.5 Å². The summed E-state index contributed by atoms with van der Waals surface area (Å²) in [5, 5.41) is 3.49. The van der Waals surface area contributed by atoms with Crippen LogP contribution in [0.15, 0.2) is 24.5 Å². The molecule has 3 rings (SSSR count). The smallest absolute Gasteiger partial charge is 0.180 e. The van der Waals surface area contributed by atoms with Gasteiger partial charge in [0.2, 0.25) is 0 Å². The SMILES string of the molecule is CC(C)(Nc1ccc2nccnc2n1)C1CC1. The highest BCUT2D eigenvalue weighted by molar-refractivity contribution is 5.71. The molecule has 88 valence electrons. The van der Waals surface area contributed by atoms with Gasteiger partial charge in [0, 0.05) is 17.9 Å². The minimum absolute atomic E-state index is 0.114. The van der Waals surface area contributed by atoms with E-state index in [0.29, 0.717) is 5.65 Å². The van der Waals surface area contributed by atoms with Crippen LogP contribution in [0.25, 0.3) is 11.2 Å². The van der Waals surface area contributed by atoms with Gasteiger partial charge in [0.05, 0.1) is 0 Å². The number of rotatable bonds is 3. The van der Waals surface area contributed by atoms with Gasteiger partial charge in [-0.2, -0.15) is 0 Å². The van der Waals surface area contributed by atoms with E-state index in [0.717, 1.165) is 17.3 Å². The van der Waals surface area contributed by atoms with Crippen molar-refractivity contribution in [3.63, 3.8) is 0 Å². The summed E-state index contributed by atoms with van der Waals surface area (Å²) in [4.78, 5) is 12.9. The molecule has 1 aliphatic carbocycles. The molecular weight excluding hydrogens is 212 g/mol. The van der Waals surface area contributed by atoms with Crippen LogP contribution >= 0.6 is 0 Å². The molecule has 1 N–H and O–H groups in total. The second-order valence-corrected chi connectivity index (χ2v) is 5.22. The largest absolute Gasteiger partial charge is 0.365 e. The van der Waals surface area contributed by atoms with E-state index in [1.807, 2.05) is 12.1 Å². The normalized spacial score (nSPS) is 16.1. The minimum Gasteiger partial charge on any atom is -0.365 e. The summed E-state index contributed by atoms with van der Waals surface area (Å²) in [5.74, 6) is 1.65. The Hall–Kier alpha value is -1.71. The van der Waals surface area contributed by atoms with Gasteiger partial charge in [0.25, 0.3) is 0 Å². The Kier molecular flexibility index (Phi) is 2.24. The van der Waals surface area contributed by atoms with Crippen molar-refractivity contribution in [2.45, 2.75) is 32.2 Å². The van der Waals surface area contributed by atoms with Crippen LogP contribution in [0.1, 0.15) is 26.7 Å². The lowest BCUT2D eigenvalue weighted by atomic mass is 9.99. The molecule has 1 fully saturated rings. The number of hydrogen-bond donors (Lipinski definition) is 1. The van der Waals surface area contributed by atoms with Crippen LogP contribution < -0.4 is 5.32 Å². The van der Waals surface area contributed by atoms with Crippen molar-refractivity contribution in [2.75, 3.05) is 5.32 Å². The van der Waals surface area contributed by atoms with Gasteiger partial charge in [-0.3, -0.25) is 4.98 Å². The number of hydrogen-bond acceptors (Lipinski definition) is 4. The van der Waals surface area contributed by atoms with Crippen molar-refractivity contribution in [3.05, 3.63) is 24.5 Å². The molecule has 0 saturated heterocycles. The third kappa shape index (κ3) is 2.07. The third-order valence-electron chi connectivity index (χ3n) is 3.38. The fourth-order valence-electron chi connectivity index (χ4n) is 2.16. The number of fused-ring (bicyclic) bond motifs is 1. The highest BCUT2D eigenvalue weighted by Crippen LogP contribution is 2.40. The maximum absolute atomic E-state index is 4.49. The molecule has 0 aromatic carbocycles. The second-order valence-electron chi connectivity index (χ2n) is 5.22. The van der Waals surface area contributed by atoms with Crippen LogP contribution in [0.5, 0.6) is 0 Å². The van der Waals surface area contributed by atoms with Crippen molar-refractivity contribution in [3.8, 4) is 0 Å². The molecule has 2 aromatic rings. The van der Waals surface area contributed by atoms with Gasteiger partial charge in [0.15, 0.2) is 5.65 Å². The average molecular weight is 228 g/mol. The summed E-state index contributed by atoms with van der Waals surface area (Å²) in [5.41, 5.74) is 1.65. The van der Waals surface area contributed by atoms with Gasteiger partial charge in [-0.25, -0.2) is 9.97 Å². The highest BCUT2D eigenvalue weighted by Gasteiger charge is 2.37. The number of nitrogens with one attached hydrogen (secondary N) is 1. The number of anilines is 1. The first-order valence-electron chi connectivity index (χ1n) is 6.01. The van der Waals surface area contributed by atoms with Gasteiger partial charge in [-0.15, -0.1) is 0 Å². The Morgan fingerprint density at radius 3 is 2.71 bits per heavy atom. The lowest BCUT2D eigenvalue weighted by Crippen LogP contribution is -2.33. The summed E-state index contributed by atoms with van der Waals surface area (Å²) >= 11 is 0. The summed E-state index contributed by atoms with van der Waals surface area (Å²) in [6, 6.07) is 3.93. The second kappa shape index (κ2) is 3.65. The first kappa shape index (κ1) is 10.4. The van der Waals surface area contributed by atoms with Crippen LogP contribution in [0, 0.1) is 5.92 Å². The van der Waals surface area contributed by atoms with Gasteiger partial charge in [-0.05, 0) is 44.7 Å². The third-order valence-corrected chi connectivity index (χ3v) is 3.38. The van der Waals surface area contributed by atoms with E-state index < -0.39 is 0 Å². The first-order chi connectivity index (χ1) is 8.15. The number of aromatic nitrogens is 3. The average Bonchev–Trinajstić information content (AvgIpc) is 3.12. The van der Waals surface area contributed by atoms with Crippen LogP contribution in [0.2, 0.25) is 0 Å². The van der Waals surface area contributed by atoms with Gasteiger partial charge >= 0.3 is 0 Å². The van der Waals surface area contributed by atoms with Crippen LogP contribution in [0.3, 0.4) is 0 Å². The standard InChI is InChI=1S/C13H16N4/c1-13(2,9-3-4-9)17-11-6-5-10-12(16-11)15-8-7-14-10/h5-9H,3-4H2,1-2H3,(H,15,16,17).